The molecule has 0 heterocycles. The lowest BCUT2D eigenvalue weighted by atomic mass is 10.1. The summed E-state index contributed by atoms with van der Waals surface area (Å²) in [5.41, 5.74) is 0.801. The van der Waals surface area contributed by atoms with Crippen molar-refractivity contribution in [2.45, 2.75) is 0 Å². The zero-order chi connectivity index (χ0) is 15.4. The zero-order valence-electron chi connectivity index (χ0n) is 11.4. The Morgan fingerprint density at radius 2 is 1.81 bits per heavy atom. The van der Waals surface area contributed by atoms with Gasteiger partial charge in [-0.15, -0.1) is 0 Å². The molecule has 21 heavy (non-hydrogen) atoms. The van der Waals surface area contributed by atoms with E-state index in [1.165, 1.54) is 38.5 Å². The van der Waals surface area contributed by atoms with E-state index in [1.807, 2.05) is 0 Å². The van der Waals surface area contributed by atoms with Crippen molar-refractivity contribution in [2.24, 2.45) is 0 Å². The standard InChI is InChI=1S/C15H13BrFNO3/c1-20-11-7-12(14(21-2)13(16)8-11)15(19)18-10-5-3-9(17)4-6-10/h3-8H,1-2H3,(H,18,19). The van der Waals surface area contributed by atoms with Gasteiger partial charge in [0.25, 0.3) is 5.91 Å². The third-order valence-electron chi connectivity index (χ3n) is 2.80. The van der Waals surface area contributed by atoms with Crippen molar-refractivity contribution < 1.29 is 18.7 Å². The largest absolute Gasteiger partial charge is 0.497 e. The van der Waals surface area contributed by atoms with E-state index in [0.29, 0.717) is 27.2 Å². The van der Waals surface area contributed by atoms with Crippen molar-refractivity contribution in [3.05, 3.63) is 52.3 Å². The predicted octanol–water partition coefficient (Wildman–Crippen LogP) is 3.86. The minimum atomic E-state index is -0.377. The van der Waals surface area contributed by atoms with Crippen LogP contribution in [0.3, 0.4) is 0 Å². The topological polar surface area (TPSA) is 47.6 Å². The minimum Gasteiger partial charge on any atom is -0.497 e. The van der Waals surface area contributed by atoms with Gasteiger partial charge in [0.1, 0.15) is 17.3 Å². The van der Waals surface area contributed by atoms with Crippen LogP contribution in [0.15, 0.2) is 40.9 Å². The molecular formula is C15H13BrFNO3. The van der Waals surface area contributed by atoms with Gasteiger partial charge in [0.15, 0.2) is 0 Å². The van der Waals surface area contributed by atoms with E-state index in [0.717, 1.165) is 0 Å². The van der Waals surface area contributed by atoms with Crippen molar-refractivity contribution in [3.8, 4) is 11.5 Å². The lowest BCUT2D eigenvalue weighted by Gasteiger charge is -2.13. The van der Waals surface area contributed by atoms with E-state index in [4.69, 9.17) is 9.47 Å². The molecule has 0 atom stereocenters. The summed E-state index contributed by atoms with van der Waals surface area (Å²) in [5, 5.41) is 2.68. The summed E-state index contributed by atoms with van der Waals surface area (Å²) in [6.07, 6.45) is 0. The number of nitrogens with one attached hydrogen (secondary N) is 1. The Labute approximate surface area is 130 Å². The first-order valence-electron chi connectivity index (χ1n) is 6.03. The fraction of sp³-hybridized carbons (Fsp3) is 0.133. The summed E-state index contributed by atoms with van der Waals surface area (Å²) in [4.78, 5) is 12.3. The fourth-order valence-electron chi connectivity index (χ4n) is 1.79. The molecule has 0 aliphatic heterocycles. The second-order valence-corrected chi connectivity index (χ2v) is 5.01. The first-order chi connectivity index (χ1) is 10.0. The van der Waals surface area contributed by atoms with Crippen LogP contribution in [-0.4, -0.2) is 20.1 Å². The molecule has 0 spiro atoms. The van der Waals surface area contributed by atoms with Gasteiger partial charge in [0.05, 0.1) is 24.3 Å². The van der Waals surface area contributed by atoms with Gasteiger partial charge < -0.3 is 14.8 Å². The highest BCUT2D eigenvalue weighted by atomic mass is 79.9. The number of hydrogen-bond acceptors (Lipinski definition) is 3. The van der Waals surface area contributed by atoms with Crippen LogP contribution < -0.4 is 14.8 Å². The number of anilines is 1. The Morgan fingerprint density at radius 1 is 1.14 bits per heavy atom. The molecule has 6 heteroatoms. The molecule has 0 saturated heterocycles. The summed E-state index contributed by atoms with van der Waals surface area (Å²) >= 11 is 3.33. The summed E-state index contributed by atoms with van der Waals surface area (Å²) in [7, 11) is 2.98. The van der Waals surface area contributed by atoms with Crippen LogP contribution in [0.2, 0.25) is 0 Å². The first-order valence-corrected chi connectivity index (χ1v) is 6.83. The molecule has 0 aliphatic carbocycles. The van der Waals surface area contributed by atoms with Crippen molar-refractivity contribution in [3.63, 3.8) is 0 Å². The van der Waals surface area contributed by atoms with Crippen LogP contribution in [0.4, 0.5) is 10.1 Å². The molecule has 0 saturated carbocycles. The Bertz CT molecular complexity index is 659. The number of amides is 1. The van der Waals surface area contributed by atoms with E-state index in [9.17, 15) is 9.18 Å². The lowest BCUT2D eigenvalue weighted by molar-refractivity contribution is 0.102. The van der Waals surface area contributed by atoms with Gasteiger partial charge in [-0.05, 0) is 52.3 Å². The number of benzene rings is 2. The van der Waals surface area contributed by atoms with Crippen LogP contribution in [0.25, 0.3) is 0 Å². The zero-order valence-corrected chi connectivity index (χ0v) is 13.0. The smallest absolute Gasteiger partial charge is 0.259 e. The first kappa shape index (κ1) is 15.3. The Balaban J connectivity index is 2.33. The van der Waals surface area contributed by atoms with Crippen molar-refractivity contribution in [1.29, 1.82) is 0 Å². The molecule has 2 aromatic rings. The maximum atomic E-state index is 12.9. The number of methoxy groups -OCH3 is 2. The van der Waals surface area contributed by atoms with Gasteiger partial charge >= 0.3 is 0 Å². The Kier molecular flexibility index (Phi) is 4.80. The van der Waals surface area contributed by atoms with Crippen LogP contribution in [0.5, 0.6) is 11.5 Å². The fourth-order valence-corrected chi connectivity index (χ4v) is 2.40. The quantitative estimate of drug-likeness (QED) is 0.907. The van der Waals surface area contributed by atoms with Gasteiger partial charge in [-0.1, -0.05) is 0 Å². The number of carbonyl (C=O) groups excluding carboxylic acids is 1. The highest BCUT2D eigenvalue weighted by Crippen LogP contribution is 2.34. The Morgan fingerprint density at radius 3 is 2.38 bits per heavy atom. The SMILES string of the molecule is COc1cc(Br)c(OC)c(C(=O)Nc2ccc(F)cc2)c1. The van der Waals surface area contributed by atoms with Gasteiger partial charge in [-0.3, -0.25) is 4.79 Å². The van der Waals surface area contributed by atoms with E-state index in [2.05, 4.69) is 21.2 Å². The maximum absolute atomic E-state index is 12.9. The summed E-state index contributed by atoms with van der Waals surface area (Å²) in [6.45, 7) is 0. The monoisotopic (exact) mass is 353 g/mol. The van der Waals surface area contributed by atoms with Crippen LogP contribution in [-0.2, 0) is 0 Å². The molecule has 1 amide bonds. The van der Waals surface area contributed by atoms with Gasteiger partial charge in [-0.25, -0.2) is 4.39 Å². The highest BCUT2D eigenvalue weighted by Gasteiger charge is 2.17. The third kappa shape index (κ3) is 3.52. The van der Waals surface area contributed by atoms with Crippen molar-refractivity contribution in [2.75, 3.05) is 19.5 Å². The summed E-state index contributed by atoms with van der Waals surface area (Å²) < 4.78 is 23.8. The lowest BCUT2D eigenvalue weighted by Crippen LogP contribution is -2.13. The summed E-state index contributed by atoms with van der Waals surface area (Å²) in [5.74, 6) is 0.176. The molecule has 2 rings (SSSR count). The van der Waals surface area contributed by atoms with Gasteiger partial charge in [-0.2, -0.15) is 0 Å². The van der Waals surface area contributed by atoms with Crippen LogP contribution in [0.1, 0.15) is 10.4 Å². The maximum Gasteiger partial charge on any atom is 0.259 e. The number of ether oxygens (including phenoxy) is 2. The van der Waals surface area contributed by atoms with Crippen LogP contribution in [0, 0.1) is 5.82 Å². The average Bonchev–Trinajstić information content (AvgIpc) is 2.48. The van der Waals surface area contributed by atoms with Crippen molar-refractivity contribution >= 4 is 27.5 Å². The van der Waals surface area contributed by atoms with Gasteiger partial charge in [0.2, 0.25) is 0 Å². The van der Waals surface area contributed by atoms with Crippen molar-refractivity contribution in [1.82, 2.24) is 0 Å². The molecule has 1 N–H and O–H groups in total. The predicted molar refractivity (Wildman–Crippen MR) is 81.6 cm³/mol. The number of carbonyl (C=O) groups is 1. The molecule has 2 aromatic carbocycles. The highest BCUT2D eigenvalue weighted by molar-refractivity contribution is 9.10. The summed E-state index contributed by atoms with van der Waals surface area (Å²) in [6, 6.07) is 8.78. The number of hydrogen-bond donors (Lipinski definition) is 1. The van der Waals surface area contributed by atoms with E-state index in [1.54, 1.807) is 12.1 Å². The third-order valence-corrected chi connectivity index (χ3v) is 3.39. The average molecular weight is 354 g/mol. The molecule has 0 fully saturated rings. The second-order valence-electron chi connectivity index (χ2n) is 4.15. The molecule has 4 nitrogen and oxygen atoms in total. The van der Waals surface area contributed by atoms with E-state index in [-0.39, 0.29) is 11.7 Å². The van der Waals surface area contributed by atoms with E-state index < -0.39 is 0 Å². The molecule has 0 unspecified atom stereocenters. The van der Waals surface area contributed by atoms with Crippen LogP contribution >= 0.6 is 15.9 Å². The second kappa shape index (κ2) is 6.58. The number of halogens is 2. The molecule has 0 aromatic heterocycles. The molecule has 0 aliphatic rings. The minimum absolute atomic E-state index is 0.313. The van der Waals surface area contributed by atoms with E-state index >= 15 is 0 Å². The Hall–Kier alpha value is -2.08. The molecular weight excluding hydrogens is 341 g/mol. The number of rotatable bonds is 4. The van der Waals surface area contributed by atoms with Gasteiger partial charge in [0, 0.05) is 5.69 Å². The normalized spacial score (nSPS) is 10.1. The molecule has 110 valence electrons. The molecule has 0 radical (unpaired) electrons. The molecule has 0 bridgehead atoms.